The number of benzene rings is 2. The molecular weight excluding hydrogens is 372 g/mol. The molecule has 4 nitrogen and oxygen atoms in total. The quantitative estimate of drug-likeness (QED) is 0.667. The SMILES string of the molecule is CCc1ccccc1OC[C@@H](O)CNC1CCN(Cc2ccc(Cl)cc2)CC1. The molecule has 2 N–H and O–H groups in total. The zero-order valence-corrected chi connectivity index (χ0v) is 17.4. The minimum atomic E-state index is -0.503. The van der Waals surface area contributed by atoms with Crippen LogP contribution in [0.3, 0.4) is 0 Å². The van der Waals surface area contributed by atoms with E-state index in [0.29, 0.717) is 19.2 Å². The van der Waals surface area contributed by atoms with Crippen molar-refractivity contribution in [1.29, 1.82) is 0 Å². The molecule has 1 fully saturated rings. The Labute approximate surface area is 173 Å². The molecule has 0 amide bonds. The first-order valence-electron chi connectivity index (χ1n) is 10.2. The van der Waals surface area contributed by atoms with Gasteiger partial charge >= 0.3 is 0 Å². The molecule has 0 bridgehead atoms. The predicted molar refractivity (Wildman–Crippen MR) is 115 cm³/mol. The molecule has 0 unspecified atom stereocenters. The molecule has 0 radical (unpaired) electrons. The maximum Gasteiger partial charge on any atom is 0.122 e. The Kier molecular flexibility index (Phi) is 8.16. The topological polar surface area (TPSA) is 44.7 Å². The summed E-state index contributed by atoms with van der Waals surface area (Å²) in [5, 5.41) is 14.6. The molecule has 1 aliphatic heterocycles. The van der Waals surface area contributed by atoms with Crippen LogP contribution in [0.4, 0.5) is 0 Å². The number of aliphatic hydroxyl groups is 1. The molecule has 2 aromatic carbocycles. The first-order valence-corrected chi connectivity index (χ1v) is 10.6. The molecule has 2 aromatic rings. The van der Waals surface area contributed by atoms with Crippen molar-refractivity contribution in [2.45, 2.75) is 44.9 Å². The van der Waals surface area contributed by atoms with Crippen LogP contribution in [0.15, 0.2) is 48.5 Å². The number of hydrogen-bond donors (Lipinski definition) is 2. The number of ether oxygens (including phenoxy) is 1. The lowest BCUT2D eigenvalue weighted by atomic mass is 10.0. The van der Waals surface area contributed by atoms with Gasteiger partial charge in [0.2, 0.25) is 0 Å². The Morgan fingerprint density at radius 1 is 1.14 bits per heavy atom. The van der Waals surface area contributed by atoms with Gasteiger partial charge in [-0.2, -0.15) is 0 Å². The second kappa shape index (κ2) is 10.8. The van der Waals surface area contributed by atoms with Gasteiger partial charge in [0, 0.05) is 24.2 Å². The van der Waals surface area contributed by atoms with Crippen LogP contribution in [-0.4, -0.2) is 48.4 Å². The van der Waals surface area contributed by atoms with E-state index < -0.39 is 6.10 Å². The molecule has 1 heterocycles. The van der Waals surface area contributed by atoms with Crippen LogP contribution in [-0.2, 0) is 13.0 Å². The van der Waals surface area contributed by atoms with E-state index in [1.54, 1.807) is 0 Å². The maximum atomic E-state index is 10.3. The molecule has 1 aliphatic rings. The van der Waals surface area contributed by atoms with Crippen molar-refractivity contribution in [3.8, 4) is 5.75 Å². The van der Waals surface area contributed by atoms with Crippen LogP contribution in [0.25, 0.3) is 0 Å². The Bertz CT molecular complexity index is 715. The van der Waals surface area contributed by atoms with Gasteiger partial charge in [0.15, 0.2) is 0 Å². The summed E-state index contributed by atoms with van der Waals surface area (Å²) in [6.45, 7) is 6.10. The van der Waals surface area contributed by atoms with Crippen molar-refractivity contribution in [3.05, 3.63) is 64.7 Å². The third-order valence-corrected chi connectivity index (χ3v) is 5.59. The fourth-order valence-electron chi connectivity index (χ4n) is 3.63. The highest BCUT2D eigenvalue weighted by Gasteiger charge is 2.20. The highest BCUT2D eigenvalue weighted by atomic mass is 35.5. The van der Waals surface area contributed by atoms with E-state index in [1.165, 1.54) is 11.1 Å². The Hall–Kier alpha value is -1.59. The average molecular weight is 403 g/mol. The van der Waals surface area contributed by atoms with Gasteiger partial charge in [-0.1, -0.05) is 48.9 Å². The second-order valence-electron chi connectivity index (χ2n) is 7.51. The molecule has 152 valence electrons. The summed E-state index contributed by atoms with van der Waals surface area (Å²) >= 11 is 5.95. The molecule has 3 rings (SSSR count). The van der Waals surface area contributed by atoms with Crippen LogP contribution >= 0.6 is 11.6 Å². The Morgan fingerprint density at radius 2 is 1.86 bits per heavy atom. The summed E-state index contributed by atoms with van der Waals surface area (Å²) in [5.41, 5.74) is 2.48. The lowest BCUT2D eigenvalue weighted by Gasteiger charge is -2.33. The van der Waals surface area contributed by atoms with E-state index in [-0.39, 0.29) is 0 Å². The summed E-state index contributed by atoms with van der Waals surface area (Å²) in [4.78, 5) is 2.47. The van der Waals surface area contributed by atoms with E-state index in [9.17, 15) is 5.11 Å². The van der Waals surface area contributed by atoms with Gasteiger partial charge in [0.1, 0.15) is 18.5 Å². The molecule has 0 aliphatic carbocycles. The number of aliphatic hydroxyl groups excluding tert-OH is 1. The fraction of sp³-hybridized carbons (Fsp3) is 0.478. The van der Waals surface area contributed by atoms with Gasteiger partial charge in [-0.3, -0.25) is 4.90 Å². The predicted octanol–water partition coefficient (Wildman–Crippen LogP) is 3.90. The number of nitrogens with zero attached hydrogens (tertiary/aromatic N) is 1. The molecule has 1 saturated heterocycles. The molecule has 1 atom stereocenters. The molecule has 5 heteroatoms. The molecule has 28 heavy (non-hydrogen) atoms. The minimum absolute atomic E-state index is 0.319. The van der Waals surface area contributed by atoms with Crippen molar-refractivity contribution >= 4 is 11.6 Å². The first kappa shape index (κ1) is 21.1. The van der Waals surface area contributed by atoms with Gasteiger partial charge in [0.05, 0.1) is 0 Å². The minimum Gasteiger partial charge on any atom is -0.491 e. The molecule has 0 spiro atoms. The number of piperidine rings is 1. The summed E-state index contributed by atoms with van der Waals surface area (Å²) in [7, 11) is 0. The van der Waals surface area contributed by atoms with Crippen molar-refractivity contribution in [1.82, 2.24) is 10.2 Å². The zero-order valence-electron chi connectivity index (χ0n) is 16.6. The van der Waals surface area contributed by atoms with Gasteiger partial charge in [-0.25, -0.2) is 0 Å². The number of nitrogens with one attached hydrogen (secondary N) is 1. The smallest absolute Gasteiger partial charge is 0.122 e. The lowest BCUT2D eigenvalue weighted by Crippen LogP contribution is -2.45. The van der Waals surface area contributed by atoms with Gasteiger partial charge in [0.25, 0.3) is 0 Å². The van der Waals surface area contributed by atoms with Crippen molar-refractivity contribution in [2.24, 2.45) is 0 Å². The molecule has 0 saturated carbocycles. The standard InChI is InChI=1S/C23H31ClN2O2/c1-2-19-5-3-4-6-23(19)28-17-22(27)15-25-21-11-13-26(14-12-21)16-18-7-9-20(24)10-8-18/h3-10,21-22,25,27H,2,11-17H2,1H3/t22-/m0/s1. The lowest BCUT2D eigenvalue weighted by molar-refractivity contribution is 0.0975. The normalized spacial score (nSPS) is 16.8. The summed E-state index contributed by atoms with van der Waals surface area (Å²) in [6.07, 6.45) is 2.62. The van der Waals surface area contributed by atoms with Crippen LogP contribution in [0.1, 0.15) is 30.9 Å². The third-order valence-electron chi connectivity index (χ3n) is 5.33. The third kappa shape index (κ3) is 6.49. The number of para-hydroxylation sites is 1. The monoisotopic (exact) mass is 402 g/mol. The first-order chi connectivity index (χ1) is 13.6. The van der Waals surface area contributed by atoms with E-state index in [1.807, 2.05) is 30.3 Å². The number of halogens is 1. The van der Waals surface area contributed by atoms with E-state index >= 15 is 0 Å². The van der Waals surface area contributed by atoms with Crippen LogP contribution in [0, 0.1) is 0 Å². The second-order valence-corrected chi connectivity index (χ2v) is 7.95. The Morgan fingerprint density at radius 3 is 2.57 bits per heavy atom. The number of rotatable bonds is 9. The van der Waals surface area contributed by atoms with E-state index in [4.69, 9.17) is 16.3 Å². The number of hydrogen-bond acceptors (Lipinski definition) is 4. The van der Waals surface area contributed by atoms with Gasteiger partial charge in [-0.15, -0.1) is 0 Å². The molecular formula is C23H31ClN2O2. The largest absolute Gasteiger partial charge is 0.491 e. The maximum absolute atomic E-state index is 10.3. The van der Waals surface area contributed by atoms with Crippen LogP contribution in [0.2, 0.25) is 5.02 Å². The summed E-state index contributed by atoms with van der Waals surface area (Å²) in [5.74, 6) is 0.875. The average Bonchev–Trinajstić information content (AvgIpc) is 2.73. The number of likely N-dealkylation sites (tertiary alicyclic amines) is 1. The highest BCUT2D eigenvalue weighted by molar-refractivity contribution is 6.30. The van der Waals surface area contributed by atoms with Crippen LogP contribution in [0.5, 0.6) is 5.75 Å². The Balaban J connectivity index is 1.34. The summed E-state index contributed by atoms with van der Waals surface area (Å²) in [6, 6.07) is 16.6. The van der Waals surface area contributed by atoms with Crippen molar-refractivity contribution < 1.29 is 9.84 Å². The highest BCUT2D eigenvalue weighted by Crippen LogP contribution is 2.19. The van der Waals surface area contributed by atoms with Gasteiger partial charge < -0.3 is 15.2 Å². The van der Waals surface area contributed by atoms with E-state index in [2.05, 4.69) is 35.3 Å². The van der Waals surface area contributed by atoms with Gasteiger partial charge in [-0.05, 0) is 61.7 Å². The van der Waals surface area contributed by atoms with E-state index in [0.717, 1.165) is 49.7 Å². The van der Waals surface area contributed by atoms with Crippen LogP contribution < -0.4 is 10.1 Å². The fourth-order valence-corrected chi connectivity index (χ4v) is 3.75. The van der Waals surface area contributed by atoms with Crippen molar-refractivity contribution in [3.63, 3.8) is 0 Å². The van der Waals surface area contributed by atoms with Crippen molar-refractivity contribution in [2.75, 3.05) is 26.2 Å². The molecule has 0 aromatic heterocycles. The number of aryl methyl sites for hydroxylation is 1. The summed E-state index contributed by atoms with van der Waals surface area (Å²) < 4.78 is 5.81. The zero-order chi connectivity index (χ0) is 19.8.